The van der Waals surface area contributed by atoms with Gasteiger partial charge in [0.05, 0.1) is 12.6 Å². The average molecular weight is 445 g/mol. The summed E-state index contributed by atoms with van der Waals surface area (Å²) >= 11 is 0. The minimum Gasteiger partial charge on any atom is -0.480 e. The molecule has 0 spiro atoms. The minimum absolute atomic E-state index is 0.0172. The maximum Gasteiger partial charge on any atom is 0.326 e. The van der Waals surface area contributed by atoms with Crippen LogP contribution in [0.3, 0.4) is 0 Å². The third kappa shape index (κ3) is 10.6. The fourth-order valence-corrected chi connectivity index (χ4v) is 3.00. The molecule has 0 aliphatic carbocycles. The van der Waals surface area contributed by atoms with Crippen LogP contribution in [0, 0.1) is 17.8 Å². The monoisotopic (exact) mass is 444 g/mol. The highest BCUT2D eigenvalue weighted by Gasteiger charge is 2.32. The zero-order valence-corrected chi connectivity index (χ0v) is 19.5. The predicted octanol–water partition coefficient (Wildman–Crippen LogP) is -0.0167. The van der Waals surface area contributed by atoms with E-state index in [1.807, 2.05) is 34.6 Å². The van der Waals surface area contributed by atoms with Crippen LogP contribution in [-0.2, 0) is 19.2 Å². The molecule has 0 radical (unpaired) electrons. The molecule has 0 aliphatic heterocycles. The first kappa shape index (κ1) is 28.8. The molecule has 3 amide bonds. The summed E-state index contributed by atoms with van der Waals surface area (Å²) in [5, 5.41) is 26.3. The number of hydrogen-bond acceptors (Lipinski definition) is 6. The molecule has 0 aromatic rings. The van der Waals surface area contributed by atoms with E-state index >= 15 is 0 Å². The van der Waals surface area contributed by atoms with Gasteiger partial charge in [0.1, 0.15) is 18.1 Å². The van der Waals surface area contributed by atoms with E-state index in [9.17, 15) is 29.4 Å². The van der Waals surface area contributed by atoms with Crippen molar-refractivity contribution in [1.29, 1.82) is 0 Å². The molecule has 0 saturated heterocycles. The van der Waals surface area contributed by atoms with Gasteiger partial charge in [-0.1, -0.05) is 48.0 Å². The first-order valence-corrected chi connectivity index (χ1v) is 10.8. The Balaban J connectivity index is 5.28. The third-order valence-corrected chi connectivity index (χ3v) is 4.99. The van der Waals surface area contributed by atoms with Crippen LogP contribution in [0.15, 0.2) is 0 Å². The number of aliphatic hydroxyl groups is 1. The first-order chi connectivity index (χ1) is 14.3. The van der Waals surface area contributed by atoms with Crippen molar-refractivity contribution < 1.29 is 29.4 Å². The number of carboxylic acids is 1. The number of carboxylic acid groups (broad SMARTS) is 1. The van der Waals surface area contributed by atoms with Crippen molar-refractivity contribution >= 4 is 23.7 Å². The number of aliphatic carboxylic acids is 1. The molecular formula is C21H40N4O6. The van der Waals surface area contributed by atoms with E-state index in [0.29, 0.717) is 12.8 Å². The van der Waals surface area contributed by atoms with E-state index in [-0.39, 0.29) is 24.2 Å². The molecule has 10 heteroatoms. The highest BCUT2D eigenvalue weighted by molar-refractivity contribution is 5.94. The van der Waals surface area contributed by atoms with Crippen molar-refractivity contribution in [3.63, 3.8) is 0 Å². The van der Waals surface area contributed by atoms with E-state index in [4.69, 9.17) is 5.73 Å². The van der Waals surface area contributed by atoms with Gasteiger partial charge < -0.3 is 31.9 Å². The van der Waals surface area contributed by atoms with E-state index < -0.39 is 54.5 Å². The van der Waals surface area contributed by atoms with Crippen molar-refractivity contribution in [1.82, 2.24) is 16.0 Å². The second-order valence-electron chi connectivity index (χ2n) is 8.88. The number of nitrogens with two attached hydrogens (primary N) is 1. The van der Waals surface area contributed by atoms with Gasteiger partial charge in [0.2, 0.25) is 17.7 Å². The maximum atomic E-state index is 12.8. The Hall–Kier alpha value is -2.20. The summed E-state index contributed by atoms with van der Waals surface area (Å²) in [6, 6.07) is -4.22. The number of rotatable bonds is 14. The molecule has 7 N–H and O–H groups in total. The molecule has 180 valence electrons. The molecule has 0 aromatic heterocycles. The van der Waals surface area contributed by atoms with Gasteiger partial charge >= 0.3 is 5.97 Å². The second kappa shape index (κ2) is 14.0. The molecule has 0 aromatic carbocycles. The molecule has 5 atom stereocenters. The van der Waals surface area contributed by atoms with Gasteiger partial charge in [0, 0.05) is 0 Å². The van der Waals surface area contributed by atoms with Crippen LogP contribution in [0.4, 0.5) is 0 Å². The SMILES string of the molecule is CCC(C)C(NC(=O)C(N)CC(C)C)C(=O)NC(CO)C(=O)NC(CC(C)C)C(=O)O. The molecule has 0 bridgehead atoms. The summed E-state index contributed by atoms with van der Waals surface area (Å²) in [6.07, 6.45) is 1.23. The zero-order valence-electron chi connectivity index (χ0n) is 19.5. The predicted molar refractivity (Wildman–Crippen MR) is 117 cm³/mol. The van der Waals surface area contributed by atoms with Gasteiger partial charge in [0.15, 0.2) is 0 Å². The smallest absolute Gasteiger partial charge is 0.326 e. The van der Waals surface area contributed by atoms with Gasteiger partial charge in [-0.2, -0.15) is 0 Å². The van der Waals surface area contributed by atoms with Crippen LogP contribution in [0.25, 0.3) is 0 Å². The van der Waals surface area contributed by atoms with E-state index in [1.165, 1.54) is 0 Å². The molecule has 10 nitrogen and oxygen atoms in total. The topological polar surface area (TPSA) is 171 Å². The standard InChI is InChI=1S/C21H40N4O6/c1-7-13(6)17(25-18(27)14(22)8-11(2)3)20(29)24-16(10-26)19(28)23-15(21(30)31)9-12(4)5/h11-17,26H,7-10,22H2,1-6H3,(H,23,28)(H,24,29)(H,25,27)(H,30,31). The summed E-state index contributed by atoms with van der Waals surface area (Å²) in [5.74, 6) is -3.17. The van der Waals surface area contributed by atoms with Crippen molar-refractivity contribution in [2.24, 2.45) is 23.5 Å². The van der Waals surface area contributed by atoms with Crippen molar-refractivity contribution in [2.45, 2.75) is 85.0 Å². The maximum absolute atomic E-state index is 12.8. The average Bonchev–Trinajstić information content (AvgIpc) is 2.67. The van der Waals surface area contributed by atoms with Crippen LogP contribution >= 0.6 is 0 Å². The summed E-state index contributed by atoms with van der Waals surface area (Å²) in [5.41, 5.74) is 5.90. The van der Waals surface area contributed by atoms with E-state index in [1.54, 1.807) is 6.92 Å². The lowest BCUT2D eigenvalue weighted by Crippen LogP contribution is -2.59. The lowest BCUT2D eigenvalue weighted by molar-refractivity contribution is -0.143. The molecule has 0 heterocycles. The van der Waals surface area contributed by atoms with E-state index in [0.717, 1.165) is 0 Å². The lowest BCUT2D eigenvalue weighted by Gasteiger charge is -2.27. The van der Waals surface area contributed by atoms with Crippen LogP contribution in [0.1, 0.15) is 60.8 Å². The number of carbonyl (C=O) groups excluding carboxylic acids is 3. The van der Waals surface area contributed by atoms with Crippen LogP contribution < -0.4 is 21.7 Å². The minimum atomic E-state index is -1.35. The second-order valence-corrected chi connectivity index (χ2v) is 8.88. The van der Waals surface area contributed by atoms with Crippen LogP contribution in [-0.4, -0.2) is 64.7 Å². The Morgan fingerprint density at radius 3 is 1.74 bits per heavy atom. The molecule has 0 fully saturated rings. The van der Waals surface area contributed by atoms with Gasteiger partial charge in [-0.05, 0) is 30.6 Å². The fraction of sp³-hybridized carbons (Fsp3) is 0.810. The molecular weight excluding hydrogens is 404 g/mol. The number of hydrogen-bond donors (Lipinski definition) is 6. The number of aliphatic hydroxyl groups excluding tert-OH is 1. The Morgan fingerprint density at radius 2 is 1.32 bits per heavy atom. The molecule has 0 rings (SSSR count). The van der Waals surface area contributed by atoms with Crippen LogP contribution in [0.5, 0.6) is 0 Å². The largest absolute Gasteiger partial charge is 0.480 e. The normalized spacial score (nSPS) is 16.2. The van der Waals surface area contributed by atoms with E-state index in [2.05, 4.69) is 16.0 Å². The van der Waals surface area contributed by atoms with Gasteiger partial charge in [-0.3, -0.25) is 14.4 Å². The molecule has 5 unspecified atom stereocenters. The first-order valence-electron chi connectivity index (χ1n) is 10.8. The zero-order chi connectivity index (χ0) is 24.3. The molecule has 31 heavy (non-hydrogen) atoms. The third-order valence-electron chi connectivity index (χ3n) is 4.99. The Kier molecular flexibility index (Phi) is 13.0. The van der Waals surface area contributed by atoms with Gasteiger partial charge in [-0.15, -0.1) is 0 Å². The molecule has 0 saturated carbocycles. The summed E-state index contributed by atoms with van der Waals surface area (Å²) < 4.78 is 0. The van der Waals surface area contributed by atoms with Crippen molar-refractivity contribution in [2.75, 3.05) is 6.61 Å². The summed E-state index contributed by atoms with van der Waals surface area (Å²) in [7, 11) is 0. The quantitative estimate of drug-likeness (QED) is 0.219. The number of nitrogens with one attached hydrogen (secondary N) is 3. The summed E-state index contributed by atoms with van der Waals surface area (Å²) in [6.45, 7) is 10.4. The Bertz CT molecular complexity index is 611. The van der Waals surface area contributed by atoms with Crippen LogP contribution in [0.2, 0.25) is 0 Å². The molecule has 0 aliphatic rings. The Labute approximate surface area is 184 Å². The van der Waals surface area contributed by atoms with Crippen molar-refractivity contribution in [3.05, 3.63) is 0 Å². The van der Waals surface area contributed by atoms with Crippen molar-refractivity contribution in [3.8, 4) is 0 Å². The fourth-order valence-electron chi connectivity index (χ4n) is 3.00. The Morgan fingerprint density at radius 1 is 0.806 bits per heavy atom. The van der Waals surface area contributed by atoms with Gasteiger partial charge in [-0.25, -0.2) is 4.79 Å². The summed E-state index contributed by atoms with van der Waals surface area (Å²) in [4.78, 5) is 49.1. The number of carbonyl (C=O) groups is 4. The highest BCUT2D eigenvalue weighted by atomic mass is 16.4. The highest BCUT2D eigenvalue weighted by Crippen LogP contribution is 2.11. The van der Waals surface area contributed by atoms with Gasteiger partial charge in [0.25, 0.3) is 0 Å². The lowest BCUT2D eigenvalue weighted by atomic mass is 9.96. The number of amides is 3.